The topological polar surface area (TPSA) is 20.2 Å². The number of allylic oxidation sites excluding steroid dienone is 3. The Kier molecular flexibility index (Phi) is 3.29. The van der Waals surface area contributed by atoms with E-state index in [-0.39, 0.29) is 22.3 Å². The molecule has 108 valence electrons. The molecule has 2 unspecified atom stereocenters. The molecule has 0 radical (unpaired) electrons. The van der Waals surface area contributed by atoms with Crippen molar-refractivity contribution in [2.45, 2.75) is 67.4 Å². The van der Waals surface area contributed by atoms with Crippen molar-refractivity contribution in [3.8, 4) is 0 Å². The van der Waals surface area contributed by atoms with Crippen molar-refractivity contribution in [3.05, 3.63) is 23.3 Å². The van der Waals surface area contributed by atoms with Crippen LogP contribution >= 0.6 is 0 Å². The zero-order valence-electron chi connectivity index (χ0n) is 13.7. The van der Waals surface area contributed by atoms with Gasteiger partial charge >= 0.3 is 0 Å². The van der Waals surface area contributed by atoms with E-state index in [0.29, 0.717) is 5.92 Å². The summed E-state index contributed by atoms with van der Waals surface area (Å²) >= 11 is 0. The summed E-state index contributed by atoms with van der Waals surface area (Å²) in [6.07, 6.45) is 6.68. The van der Waals surface area contributed by atoms with Gasteiger partial charge in [0.25, 0.3) is 0 Å². The minimum Gasteiger partial charge on any atom is -0.392 e. The van der Waals surface area contributed by atoms with Crippen molar-refractivity contribution in [1.29, 1.82) is 0 Å². The Morgan fingerprint density at radius 3 is 2.11 bits per heavy atom. The predicted octanol–water partition coefficient (Wildman–Crippen LogP) is 4.72. The van der Waals surface area contributed by atoms with Gasteiger partial charge in [-0.2, -0.15) is 0 Å². The molecular formula is C18H30O. The summed E-state index contributed by atoms with van der Waals surface area (Å²) < 4.78 is 0. The highest BCUT2D eigenvalue weighted by Gasteiger charge is 2.46. The number of aliphatic hydroxyl groups is 1. The summed E-state index contributed by atoms with van der Waals surface area (Å²) in [4.78, 5) is 0. The van der Waals surface area contributed by atoms with Crippen LogP contribution in [0.25, 0.3) is 0 Å². The molecule has 0 saturated carbocycles. The van der Waals surface area contributed by atoms with Gasteiger partial charge in [0, 0.05) is 5.41 Å². The van der Waals surface area contributed by atoms with Crippen molar-refractivity contribution >= 4 is 0 Å². The van der Waals surface area contributed by atoms with Gasteiger partial charge in [0.2, 0.25) is 0 Å². The lowest BCUT2D eigenvalue weighted by molar-refractivity contribution is -0.0309. The molecule has 0 spiro atoms. The molecule has 1 nitrogen and oxygen atoms in total. The molecule has 2 aliphatic rings. The largest absolute Gasteiger partial charge is 0.392 e. The van der Waals surface area contributed by atoms with Gasteiger partial charge in [-0.1, -0.05) is 64.8 Å². The maximum atomic E-state index is 10.5. The first-order valence-electron chi connectivity index (χ1n) is 7.55. The first kappa shape index (κ1) is 14.8. The zero-order valence-corrected chi connectivity index (χ0v) is 13.7. The Bertz CT molecular complexity index is 435. The van der Waals surface area contributed by atoms with Crippen LogP contribution in [-0.2, 0) is 0 Å². The third-order valence-electron chi connectivity index (χ3n) is 5.66. The van der Waals surface area contributed by atoms with Crippen LogP contribution in [0.3, 0.4) is 0 Å². The van der Waals surface area contributed by atoms with Gasteiger partial charge in [0.1, 0.15) is 0 Å². The van der Waals surface area contributed by atoms with Gasteiger partial charge in [-0.25, -0.2) is 0 Å². The quantitative estimate of drug-likeness (QED) is 0.678. The molecule has 0 amide bonds. The van der Waals surface area contributed by atoms with E-state index < -0.39 is 0 Å². The fraction of sp³-hybridized carbons (Fsp3) is 0.778. The maximum Gasteiger partial charge on any atom is 0.0679 e. The summed E-state index contributed by atoms with van der Waals surface area (Å²) in [6.45, 7) is 15.7. The van der Waals surface area contributed by atoms with Crippen LogP contribution in [0.5, 0.6) is 0 Å². The van der Waals surface area contributed by atoms with Gasteiger partial charge in [0.15, 0.2) is 0 Å². The third kappa shape index (κ3) is 2.31. The second kappa shape index (κ2) is 4.22. The highest BCUT2D eigenvalue weighted by molar-refractivity contribution is 5.31. The normalized spacial score (nSPS) is 35.8. The lowest BCUT2D eigenvalue weighted by Gasteiger charge is -2.47. The minimum absolute atomic E-state index is 0.0276. The molecule has 0 aliphatic heterocycles. The van der Waals surface area contributed by atoms with E-state index in [1.807, 2.05) is 0 Å². The number of rotatable bonds is 1. The van der Waals surface area contributed by atoms with E-state index in [4.69, 9.17) is 0 Å². The average Bonchev–Trinajstić information content (AvgIpc) is 2.50. The van der Waals surface area contributed by atoms with Crippen LogP contribution in [0.1, 0.15) is 61.3 Å². The van der Waals surface area contributed by atoms with Crippen molar-refractivity contribution in [2.24, 2.45) is 22.2 Å². The fourth-order valence-corrected chi connectivity index (χ4v) is 4.20. The summed E-state index contributed by atoms with van der Waals surface area (Å²) in [6, 6.07) is 0. The number of aliphatic hydroxyl groups excluding tert-OH is 1. The lowest BCUT2D eigenvalue weighted by atomic mass is 9.60. The molecule has 2 aliphatic carbocycles. The van der Waals surface area contributed by atoms with Crippen molar-refractivity contribution < 1.29 is 5.11 Å². The number of hydrogen-bond acceptors (Lipinski definition) is 1. The second-order valence-electron chi connectivity index (χ2n) is 8.51. The molecule has 1 heteroatoms. The monoisotopic (exact) mass is 262 g/mol. The highest BCUT2D eigenvalue weighted by Crippen LogP contribution is 2.53. The standard InChI is InChI=1S/C18H30O/c1-12-8-9-14(18(12,6)7)13-10-16(2,3)15(19)17(4,5)11-13/h8,10,14-15,19H,9,11H2,1-7H3. The number of hydrogen-bond donors (Lipinski definition) is 1. The third-order valence-corrected chi connectivity index (χ3v) is 5.66. The van der Waals surface area contributed by atoms with Gasteiger partial charge in [-0.15, -0.1) is 0 Å². The molecule has 0 aromatic heterocycles. The van der Waals surface area contributed by atoms with Crippen LogP contribution in [0, 0.1) is 22.2 Å². The summed E-state index contributed by atoms with van der Waals surface area (Å²) in [5, 5.41) is 10.5. The van der Waals surface area contributed by atoms with E-state index >= 15 is 0 Å². The fourth-order valence-electron chi connectivity index (χ4n) is 4.20. The molecule has 0 saturated heterocycles. The van der Waals surface area contributed by atoms with Crippen LogP contribution in [0.4, 0.5) is 0 Å². The second-order valence-corrected chi connectivity index (χ2v) is 8.51. The minimum atomic E-state index is -0.262. The van der Waals surface area contributed by atoms with Gasteiger partial charge in [0.05, 0.1) is 6.10 Å². The Balaban J connectivity index is 2.37. The van der Waals surface area contributed by atoms with E-state index in [9.17, 15) is 5.11 Å². The van der Waals surface area contributed by atoms with Crippen molar-refractivity contribution in [3.63, 3.8) is 0 Å². The smallest absolute Gasteiger partial charge is 0.0679 e. The molecule has 0 bridgehead atoms. The molecule has 1 N–H and O–H groups in total. The zero-order chi connectivity index (χ0) is 14.6. The average molecular weight is 262 g/mol. The molecule has 0 aromatic rings. The highest BCUT2D eigenvalue weighted by atomic mass is 16.3. The first-order chi connectivity index (χ1) is 8.48. The Morgan fingerprint density at radius 1 is 1.11 bits per heavy atom. The maximum absolute atomic E-state index is 10.5. The van der Waals surface area contributed by atoms with Crippen molar-refractivity contribution in [1.82, 2.24) is 0 Å². The Hall–Kier alpha value is -0.560. The SMILES string of the molecule is CC1=CCC(C2=CC(C)(C)C(O)C(C)(C)C2)C1(C)C. The molecule has 0 heterocycles. The molecule has 0 aromatic carbocycles. The molecule has 2 atom stereocenters. The molecular weight excluding hydrogens is 232 g/mol. The van der Waals surface area contributed by atoms with Gasteiger partial charge in [-0.05, 0) is 36.5 Å². The first-order valence-corrected chi connectivity index (χ1v) is 7.55. The van der Waals surface area contributed by atoms with Crippen LogP contribution < -0.4 is 0 Å². The van der Waals surface area contributed by atoms with E-state index in [2.05, 4.69) is 60.6 Å². The Labute approximate surface area is 118 Å². The van der Waals surface area contributed by atoms with E-state index in [1.54, 1.807) is 5.57 Å². The van der Waals surface area contributed by atoms with Crippen LogP contribution in [0.2, 0.25) is 0 Å². The summed E-state index contributed by atoms with van der Waals surface area (Å²) in [5.41, 5.74) is 3.18. The van der Waals surface area contributed by atoms with E-state index in [0.717, 1.165) is 12.8 Å². The summed E-state index contributed by atoms with van der Waals surface area (Å²) in [7, 11) is 0. The predicted molar refractivity (Wildman–Crippen MR) is 81.9 cm³/mol. The Morgan fingerprint density at radius 2 is 1.68 bits per heavy atom. The van der Waals surface area contributed by atoms with Gasteiger partial charge < -0.3 is 5.11 Å². The summed E-state index contributed by atoms with van der Waals surface area (Å²) in [5.74, 6) is 0.610. The lowest BCUT2D eigenvalue weighted by Crippen LogP contribution is -2.45. The van der Waals surface area contributed by atoms with E-state index in [1.165, 1.54) is 5.57 Å². The van der Waals surface area contributed by atoms with Gasteiger partial charge in [-0.3, -0.25) is 0 Å². The molecule has 19 heavy (non-hydrogen) atoms. The molecule has 2 rings (SSSR count). The van der Waals surface area contributed by atoms with Crippen LogP contribution in [0.15, 0.2) is 23.3 Å². The van der Waals surface area contributed by atoms with Crippen molar-refractivity contribution in [2.75, 3.05) is 0 Å². The van der Waals surface area contributed by atoms with Crippen LogP contribution in [-0.4, -0.2) is 11.2 Å². The molecule has 0 fully saturated rings.